The summed E-state index contributed by atoms with van der Waals surface area (Å²) in [5.74, 6) is 0. The Labute approximate surface area is 319 Å². The maximum atomic E-state index is 2.78. The van der Waals surface area contributed by atoms with Crippen LogP contribution in [0.1, 0.15) is 152 Å². The third-order valence-electron chi connectivity index (χ3n) is 19.1. The van der Waals surface area contributed by atoms with Gasteiger partial charge in [-0.1, -0.05) is 89.1 Å². The van der Waals surface area contributed by atoms with E-state index in [0.717, 1.165) is 0 Å². The molecule has 0 heteroatoms. The fraction of sp³-hybridized carbons (Fsp3) is 0.547. The van der Waals surface area contributed by atoms with Gasteiger partial charge in [0.15, 0.2) is 0 Å². The molecular weight excluding hydrogens is 637 g/mol. The lowest BCUT2D eigenvalue weighted by atomic mass is 9.53. The van der Waals surface area contributed by atoms with Gasteiger partial charge in [-0.2, -0.15) is 0 Å². The molecule has 0 amide bonds. The molecule has 12 aliphatic carbocycles. The minimum absolute atomic E-state index is 0.146. The zero-order chi connectivity index (χ0) is 36.2. The standard InChI is InChI=1S/C53H60/c1-30-18-42-36-12-9-14-38(36)44-20-32(26-50(44,5)48(42,3)24-30)34-22-46-40-16-11-17-41(40)47-23-35(29-53(47,8)52(46,7)28-34)33-21-45-39-15-10-13-37(39)43-19-31(2)25-49(43,4)51(45,6)27-33/h18-23H,9-17,24-29H2,1-8H3. The van der Waals surface area contributed by atoms with Gasteiger partial charge in [0, 0.05) is 32.5 Å². The predicted octanol–water partition coefficient (Wildman–Crippen LogP) is 14.4. The van der Waals surface area contributed by atoms with Crippen molar-refractivity contribution < 1.29 is 0 Å². The van der Waals surface area contributed by atoms with Crippen LogP contribution in [0.2, 0.25) is 0 Å². The monoisotopic (exact) mass is 696 g/mol. The van der Waals surface area contributed by atoms with Gasteiger partial charge in [-0.05, 0) is 199 Å². The SMILES string of the molecule is CC1=CC2=C3CCCC3=C3C=C(C4=CC5=C6CCCC6=C6C=C(C7=CC8=C9CCCC9=C9C=C(C)CC9(C)C8(C)C7)CC6(C)C5(C)C4)CC3(C)C2(C)C1. The molecule has 272 valence electrons. The first-order chi connectivity index (χ1) is 25.2. The second kappa shape index (κ2) is 9.63. The van der Waals surface area contributed by atoms with Crippen molar-refractivity contribution in [3.05, 3.63) is 137 Å². The Morgan fingerprint density at radius 1 is 0.302 bits per heavy atom. The van der Waals surface area contributed by atoms with Crippen LogP contribution >= 0.6 is 0 Å². The van der Waals surface area contributed by atoms with Crippen molar-refractivity contribution in [2.45, 2.75) is 152 Å². The molecule has 0 heterocycles. The van der Waals surface area contributed by atoms with Crippen molar-refractivity contribution in [2.24, 2.45) is 32.5 Å². The molecule has 3 saturated carbocycles. The lowest BCUT2D eigenvalue weighted by molar-refractivity contribution is 0.159. The highest BCUT2D eigenvalue weighted by atomic mass is 14.7. The van der Waals surface area contributed by atoms with Crippen LogP contribution < -0.4 is 0 Å². The van der Waals surface area contributed by atoms with E-state index in [1.54, 1.807) is 100 Å². The van der Waals surface area contributed by atoms with Gasteiger partial charge in [0.1, 0.15) is 0 Å². The molecular formula is C53H60. The molecule has 3 fully saturated rings. The van der Waals surface area contributed by atoms with Crippen LogP contribution in [0.5, 0.6) is 0 Å². The molecule has 6 unspecified atom stereocenters. The van der Waals surface area contributed by atoms with Gasteiger partial charge in [-0.15, -0.1) is 0 Å². The topological polar surface area (TPSA) is 0 Å². The number of rotatable bonds is 2. The van der Waals surface area contributed by atoms with Crippen LogP contribution in [0.25, 0.3) is 0 Å². The van der Waals surface area contributed by atoms with E-state index < -0.39 is 0 Å². The third kappa shape index (κ3) is 3.47. The first-order valence-electron chi connectivity index (χ1n) is 21.8. The van der Waals surface area contributed by atoms with E-state index in [-0.39, 0.29) is 32.5 Å². The maximum absolute atomic E-state index is 2.78. The number of fused-ring (bicyclic) bond motifs is 12. The average Bonchev–Trinajstić information content (AvgIpc) is 3.93. The molecule has 0 aromatic heterocycles. The van der Waals surface area contributed by atoms with Crippen LogP contribution in [0, 0.1) is 32.5 Å². The Bertz CT molecular complexity index is 2180. The molecule has 0 aliphatic heterocycles. The van der Waals surface area contributed by atoms with E-state index in [0.29, 0.717) is 0 Å². The molecule has 12 aliphatic rings. The van der Waals surface area contributed by atoms with Gasteiger partial charge in [0.05, 0.1) is 0 Å². The van der Waals surface area contributed by atoms with Crippen LogP contribution in [0.4, 0.5) is 0 Å². The Balaban J connectivity index is 0.925. The normalized spacial score (nSPS) is 43.0. The van der Waals surface area contributed by atoms with Crippen molar-refractivity contribution in [1.82, 2.24) is 0 Å². The summed E-state index contributed by atoms with van der Waals surface area (Å²) in [6.45, 7) is 20.8. The summed E-state index contributed by atoms with van der Waals surface area (Å²) >= 11 is 0. The van der Waals surface area contributed by atoms with Crippen LogP contribution in [0.15, 0.2) is 137 Å². The van der Waals surface area contributed by atoms with E-state index in [4.69, 9.17) is 0 Å². The predicted molar refractivity (Wildman–Crippen MR) is 220 cm³/mol. The highest BCUT2D eigenvalue weighted by Gasteiger charge is 2.62. The van der Waals surface area contributed by atoms with Gasteiger partial charge >= 0.3 is 0 Å². The molecule has 0 N–H and O–H groups in total. The zero-order valence-corrected chi connectivity index (χ0v) is 34.1. The van der Waals surface area contributed by atoms with Crippen molar-refractivity contribution in [2.75, 3.05) is 0 Å². The van der Waals surface area contributed by atoms with Gasteiger partial charge in [0.2, 0.25) is 0 Å². The van der Waals surface area contributed by atoms with E-state index in [2.05, 4.69) is 91.8 Å². The maximum Gasteiger partial charge on any atom is 0.00655 e. The van der Waals surface area contributed by atoms with E-state index in [1.165, 1.54) is 96.3 Å². The summed E-state index contributed by atoms with van der Waals surface area (Å²) < 4.78 is 0. The Morgan fingerprint density at radius 2 is 0.509 bits per heavy atom. The largest absolute Gasteiger partial charge is 0.0721 e. The third-order valence-corrected chi connectivity index (χ3v) is 19.1. The number of allylic oxidation sites excluding steroid dienone is 24. The minimum atomic E-state index is 0.146. The first kappa shape index (κ1) is 32.2. The molecule has 0 saturated heterocycles. The summed E-state index contributed by atoms with van der Waals surface area (Å²) in [6.07, 6.45) is 35.3. The van der Waals surface area contributed by atoms with Gasteiger partial charge in [0.25, 0.3) is 0 Å². The van der Waals surface area contributed by atoms with E-state index >= 15 is 0 Å². The van der Waals surface area contributed by atoms with Crippen LogP contribution in [0.3, 0.4) is 0 Å². The fourth-order valence-corrected chi connectivity index (χ4v) is 16.0. The number of hydrogen-bond donors (Lipinski definition) is 0. The molecule has 12 rings (SSSR count). The van der Waals surface area contributed by atoms with E-state index in [1.807, 2.05) is 0 Å². The summed E-state index contributed by atoms with van der Waals surface area (Å²) in [4.78, 5) is 0. The van der Waals surface area contributed by atoms with Gasteiger partial charge in [-0.25, -0.2) is 0 Å². The van der Waals surface area contributed by atoms with Crippen molar-refractivity contribution >= 4 is 0 Å². The summed E-state index contributed by atoms with van der Waals surface area (Å²) in [5.41, 5.74) is 31.9. The summed E-state index contributed by atoms with van der Waals surface area (Å²) in [6, 6.07) is 0. The zero-order valence-electron chi connectivity index (χ0n) is 34.1. The number of hydrogen-bond acceptors (Lipinski definition) is 0. The second-order valence-corrected chi connectivity index (χ2v) is 21.6. The van der Waals surface area contributed by atoms with Crippen LogP contribution in [-0.2, 0) is 0 Å². The molecule has 0 radical (unpaired) electrons. The Kier molecular flexibility index (Phi) is 5.84. The molecule has 6 atom stereocenters. The average molecular weight is 697 g/mol. The highest BCUT2D eigenvalue weighted by Crippen LogP contribution is 2.74. The van der Waals surface area contributed by atoms with E-state index in [9.17, 15) is 0 Å². The quantitative estimate of drug-likeness (QED) is 0.270. The fourth-order valence-electron chi connectivity index (χ4n) is 16.0. The molecule has 53 heavy (non-hydrogen) atoms. The first-order valence-corrected chi connectivity index (χ1v) is 21.8. The lowest BCUT2D eigenvalue weighted by Crippen LogP contribution is -2.41. The smallest absolute Gasteiger partial charge is 0.00655 e. The summed E-state index contributed by atoms with van der Waals surface area (Å²) in [7, 11) is 0. The lowest BCUT2D eigenvalue weighted by Gasteiger charge is -2.49. The highest BCUT2D eigenvalue weighted by molar-refractivity contribution is 5.71. The van der Waals surface area contributed by atoms with Gasteiger partial charge in [-0.3, -0.25) is 0 Å². The minimum Gasteiger partial charge on any atom is -0.0721 e. The van der Waals surface area contributed by atoms with Crippen LogP contribution in [-0.4, -0.2) is 0 Å². The molecule has 0 nitrogen and oxygen atoms in total. The van der Waals surface area contributed by atoms with Gasteiger partial charge < -0.3 is 0 Å². The second-order valence-electron chi connectivity index (χ2n) is 21.6. The molecule has 0 aromatic rings. The molecule has 0 aromatic carbocycles. The summed E-state index contributed by atoms with van der Waals surface area (Å²) in [5, 5.41) is 0. The molecule has 0 bridgehead atoms. The van der Waals surface area contributed by atoms with Crippen molar-refractivity contribution in [3.8, 4) is 0 Å². The Hall–Kier alpha value is -3.12. The van der Waals surface area contributed by atoms with Crippen molar-refractivity contribution in [1.29, 1.82) is 0 Å². The Morgan fingerprint density at radius 3 is 0.755 bits per heavy atom. The molecule has 0 spiro atoms. The van der Waals surface area contributed by atoms with Crippen molar-refractivity contribution in [3.63, 3.8) is 0 Å².